The molecule has 3 amide bonds. The van der Waals surface area contributed by atoms with E-state index < -0.39 is 17.7 Å². The largest absolute Gasteiger partial charge is 0.494 e. The van der Waals surface area contributed by atoms with Crippen LogP contribution in [0.2, 0.25) is 0 Å². The Labute approximate surface area is 203 Å². The summed E-state index contributed by atoms with van der Waals surface area (Å²) >= 11 is 0. The number of nitrogens with one attached hydrogen (secondary N) is 1. The minimum atomic E-state index is -2.21. The maximum Gasteiger partial charge on any atom is 0.329 e. The van der Waals surface area contributed by atoms with Gasteiger partial charge in [0.1, 0.15) is 11.6 Å². The number of hydrogen-bond acceptors (Lipinski definition) is 6. The predicted molar refractivity (Wildman–Crippen MR) is 132 cm³/mol. The second kappa shape index (κ2) is 9.27. The number of hydrogen-bond donors (Lipinski definition) is 2. The molecule has 0 radical (unpaired) electrons. The maximum atomic E-state index is 14.0. The molecule has 180 valence electrons. The molecule has 0 spiro atoms. The third kappa shape index (κ3) is 4.04. The van der Waals surface area contributed by atoms with Crippen LogP contribution >= 0.6 is 0 Å². The number of pyridine rings is 1. The number of anilines is 3. The standard InChI is InChI=1S/C26H27N5O4/c1-2-35-20-12-10-19(11-13-20)31-25(33)28-22-8-4-3-7-21(22)26(31,34)24(32)30-17-15-29(16-18-30)23-9-5-6-14-27-23/h3-14,34H,2,15-18H2,1H3,(H,28,33)/t26-/m0/s1. The van der Waals surface area contributed by atoms with E-state index in [4.69, 9.17) is 4.74 Å². The lowest BCUT2D eigenvalue weighted by molar-refractivity contribution is -0.152. The number of carbonyl (C=O) groups excluding carboxylic acids is 2. The van der Waals surface area contributed by atoms with Crippen molar-refractivity contribution in [1.29, 1.82) is 0 Å². The van der Waals surface area contributed by atoms with Crippen LogP contribution in [0.5, 0.6) is 5.75 Å². The molecule has 9 nitrogen and oxygen atoms in total. The number of amides is 3. The molecule has 1 fully saturated rings. The van der Waals surface area contributed by atoms with Crippen molar-refractivity contribution in [2.45, 2.75) is 12.6 Å². The minimum absolute atomic E-state index is 0.325. The molecular weight excluding hydrogens is 446 g/mol. The third-order valence-electron chi connectivity index (χ3n) is 6.32. The summed E-state index contributed by atoms with van der Waals surface area (Å²) in [7, 11) is 0. The molecule has 5 rings (SSSR count). The Kier molecular flexibility index (Phi) is 6.00. The molecule has 2 N–H and O–H groups in total. The van der Waals surface area contributed by atoms with Crippen LogP contribution < -0.4 is 19.9 Å². The molecule has 0 aliphatic carbocycles. The van der Waals surface area contributed by atoms with E-state index in [1.807, 2.05) is 25.1 Å². The number of para-hydroxylation sites is 1. The lowest BCUT2D eigenvalue weighted by Crippen LogP contribution is -2.65. The first-order valence-corrected chi connectivity index (χ1v) is 11.6. The predicted octanol–water partition coefficient (Wildman–Crippen LogP) is 3.03. The molecule has 0 saturated carbocycles. The van der Waals surface area contributed by atoms with Crippen LogP contribution in [0.3, 0.4) is 0 Å². The Morgan fingerprint density at radius 2 is 1.74 bits per heavy atom. The normalized spacial score (nSPS) is 19.7. The molecule has 1 saturated heterocycles. The fourth-order valence-electron chi connectivity index (χ4n) is 4.61. The van der Waals surface area contributed by atoms with E-state index in [0.29, 0.717) is 55.5 Å². The van der Waals surface area contributed by atoms with Crippen LogP contribution in [0.25, 0.3) is 0 Å². The van der Waals surface area contributed by atoms with Crippen LogP contribution in [0.4, 0.5) is 22.0 Å². The first-order valence-electron chi connectivity index (χ1n) is 11.6. The van der Waals surface area contributed by atoms with Crippen molar-refractivity contribution in [3.8, 4) is 5.75 Å². The van der Waals surface area contributed by atoms with Gasteiger partial charge in [0.05, 0.1) is 12.3 Å². The molecular formula is C26H27N5O4. The molecule has 3 aromatic rings. The Bertz CT molecular complexity index is 1210. The summed E-state index contributed by atoms with van der Waals surface area (Å²) in [6.07, 6.45) is 1.74. The minimum Gasteiger partial charge on any atom is -0.494 e. The van der Waals surface area contributed by atoms with Gasteiger partial charge < -0.3 is 25.0 Å². The van der Waals surface area contributed by atoms with Crippen molar-refractivity contribution >= 4 is 29.1 Å². The van der Waals surface area contributed by atoms with Gasteiger partial charge in [-0.3, -0.25) is 9.69 Å². The summed E-state index contributed by atoms with van der Waals surface area (Å²) in [6.45, 7) is 4.29. The van der Waals surface area contributed by atoms with Gasteiger partial charge >= 0.3 is 6.03 Å². The van der Waals surface area contributed by atoms with E-state index in [0.717, 1.165) is 10.7 Å². The van der Waals surface area contributed by atoms with Gasteiger partial charge in [-0.15, -0.1) is 0 Å². The second-order valence-corrected chi connectivity index (χ2v) is 8.38. The summed E-state index contributed by atoms with van der Waals surface area (Å²) in [5.74, 6) is 0.931. The van der Waals surface area contributed by atoms with Gasteiger partial charge in [-0.2, -0.15) is 0 Å². The van der Waals surface area contributed by atoms with Gasteiger partial charge in [0.25, 0.3) is 11.6 Å². The maximum absolute atomic E-state index is 14.0. The van der Waals surface area contributed by atoms with Gasteiger partial charge in [-0.1, -0.05) is 24.3 Å². The van der Waals surface area contributed by atoms with Gasteiger partial charge in [-0.05, 0) is 49.4 Å². The molecule has 3 heterocycles. The molecule has 2 aromatic carbocycles. The lowest BCUT2D eigenvalue weighted by Gasteiger charge is -2.46. The molecule has 1 atom stereocenters. The summed E-state index contributed by atoms with van der Waals surface area (Å²) < 4.78 is 5.51. The summed E-state index contributed by atoms with van der Waals surface area (Å²) in [5, 5.41) is 14.9. The highest BCUT2D eigenvalue weighted by atomic mass is 16.5. The second-order valence-electron chi connectivity index (χ2n) is 8.38. The lowest BCUT2D eigenvalue weighted by atomic mass is 9.94. The summed E-state index contributed by atoms with van der Waals surface area (Å²) in [4.78, 5) is 36.4. The average molecular weight is 474 g/mol. The third-order valence-corrected chi connectivity index (χ3v) is 6.32. The highest BCUT2D eigenvalue weighted by molar-refractivity contribution is 6.11. The average Bonchev–Trinajstić information content (AvgIpc) is 2.90. The van der Waals surface area contributed by atoms with E-state index in [1.165, 1.54) is 0 Å². The first kappa shape index (κ1) is 22.7. The number of fused-ring (bicyclic) bond motifs is 1. The van der Waals surface area contributed by atoms with Gasteiger partial charge in [0.15, 0.2) is 0 Å². The van der Waals surface area contributed by atoms with Gasteiger partial charge in [0, 0.05) is 43.6 Å². The summed E-state index contributed by atoms with van der Waals surface area (Å²) in [6, 6.07) is 18.7. The van der Waals surface area contributed by atoms with Crippen molar-refractivity contribution in [1.82, 2.24) is 9.88 Å². The van der Waals surface area contributed by atoms with Crippen LogP contribution in [0, 0.1) is 0 Å². The highest BCUT2D eigenvalue weighted by Crippen LogP contribution is 2.41. The number of aliphatic hydroxyl groups is 1. The van der Waals surface area contributed by atoms with Crippen LogP contribution in [-0.2, 0) is 10.5 Å². The van der Waals surface area contributed by atoms with Gasteiger partial charge in [0.2, 0.25) is 0 Å². The smallest absolute Gasteiger partial charge is 0.329 e. The number of nitrogens with zero attached hydrogens (tertiary/aromatic N) is 4. The Morgan fingerprint density at radius 1 is 1.03 bits per heavy atom. The zero-order valence-electron chi connectivity index (χ0n) is 19.4. The molecule has 0 bridgehead atoms. The number of carbonyl (C=O) groups is 2. The number of aromatic nitrogens is 1. The van der Waals surface area contributed by atoms with E-state index in [-0.39, 0.29) is 0 Å². The number of benzene rings is 2. The van der Waals surface area contributed by atoms with Crippen molar-refractivity contribution < 1.29 is 19.4 Å². The summed E-state index contributed by atoms with van der Waals surface area (Å²) in [5.41, 5.74) is -1.10. The first-order chi connectivity index (χ1) is 17.0. The molecule has 2 aliphatic heterocycles. The van der Waals surface area contributed by atoms with E-state index >= 15 is 0 Å². The molecule has 1 aromatic heterocycles. The number of piperazine rings is 1. The Balaban J connectivity index is 1.48. The fourth-order valence-corrected chi connectivity index (χ4v) is 4.61. The monoisotopic (exact) mass is 473 g/mol. The van der Waals surface area contributed by atoms with Gasteiger partial charge in [-0.25, -0.2) is 9.78 Å². The highest BCUT2D eigenvalue weighted by Gasteiger charge is 2.53. The zero-order valence-corrected chi connectivity index (χ0v) is 19.4. The Hall–Kier alpha value is -4.11. The van der Waals surface area contributed by atoms with E-state index in [1.54, 1.807) is 59.6 Å². The van der Waals surface area contributed by atoms with Crippen molar-refractivity contribution in [2.24, 2.45) is 0 Å². The molecule has 0 unspecified atom stereocenters. The van der Waals surface area contributed by atoms with Crippen molar-refractivity contribution in [3.05, 3.63) is 78.5 Å². The molecule has 35 heavy (non-hydrogen) atoms. The number of urea groups is 1. The molecule has 9 heteroatoms. The SMILES string of the molecule is CCOc1ccc(N2C(=O)Nc3ccccc3[C@]2(O)C(=O)N2CCN(c3ccccn3)CC2)cc1. The van der Waals surface area contributed by atoms with E-state index in [2.05, 4.69) is 15.2 Å². The van der Waals surface area contributed by atoms with Crippen LogP contribution in [0.1, 0.15) is 12.5 Å². The topological polar surface area (TPSA) is 98.2 Å². The van der Waals surface area contributed by atoms with Crippen molar-refractivity contribution in [2.75, 3.05) is 47.9 Å². The van der Waals surface area contributed by atoms with Crippen LogP contribution in [0.15, 0.2) is 72.9 Å². The van der Waals surface area contributed by atoms with Crippen molar-refractivity contribution in [3.63, 3.8) is 0 Å². The number of ether oxygens (including phenoxy) is 1. The number of rotatable bonds is 5. The van der Waals surface area contributed by atoms with Crippen LogP contribution in [-0.4, -0.2) is 59.7 Å². The van der Waals surface area contributed by atoms with E-state index in [9.17, 15) is 14.7 Å². The Morgan fingerprint density at radius 3 is 2.43 bits per heavy atom. The zero-order chi connectivity index (χ0) is 24.4. The molecule has 2 aliphatic rings. The quantitative estimate of drug-likeness (QED) is 0.591. The fraction of sp³-hybridized carbons (Fsp3) is 0.269.